The number of rotatable bonds is 9. The maximum Gasteiger partial charge on any atom is 0.119 e. The summed E-state index contributed by atoms with van der Waals surface area (Å²) in [5.41, 5.74) is 0. The molecule has 0 aliphatic carbocycles. The van der Waals surface area contributed by atoms with Crippen LogP contribution in [0.4, 0.5) is 0 Å². The van der Waals surface area contributed by atoms with Crippen molar-refractivity contribution in [2.24, 2.45) is 0 Å². The highest BCUT2D eigenvalue weighted by Gasteiger charge is 1.99. The highest BCUT2D eigenvalue weighted by Crippen LogP contribution is 2.07. The van der Waals surface area contributed by atoms with Gasteiger partial charge in [-0.15, -0.1) is 0 Å². The molecule has 0 aliphatic rings. The van der Waals surface area contributed by atoms with Crippen LogP contribution in [0.25, 0.3) is 0 Å². The van der Waals surface area contributed by atoms with Crippen molar-refractivity contribution in [3.05, 3.63) is 30.3 Å². The van der Waals surface area contributed by atoms with Crippen molar-refractivity contribution in [3.8, 4) is 5.75 Å². The van der Waals surface area contributed by atoms with Crippen LogP contribution in [0.15, 0.2) is 30.3 Å². The van der Waals surface area contributed by atoms with Crippen molar-refractivity contribution >= 4 is 0 Å². The lowest BCUT2D eigenvalue weighted by Crippen LogP contribution is -2.28. The number of ether oxygens (including phenoxy) is 2. The van der Waals surface area contributed by atoms with Gasteiger partial charge in [-0.05, 0) is 38.9 Å². The van der Waals surface area contributed by atoms with Crippen LogP contribution in [-0.4, -0.2) is 32.4 Å². The van der Waals surface area contributed by atoms with E-state index in [2.05, 4.69) is 12.2 Å². The monoisotopic (exact) mass is 237 g/mol. The molecule has 0 fully saturated rings. The summed E-state index contributed by atoms with van der Waals surface area (Å²) < 4.78 is 11.0. The summed E-state index contributed by atoms with van der Waals surface area (Å²) >= 11 is 0. The fourth-order valence-electron chi connectivity index (χ4n) is 1.55. The third-order valence-corrected chi connectivity index (χ3v) is 2.39. The maximum absolute atomic E-state index is 5.59. The molecule has 0 heterocycles. The van der Waals surface area contributed by atoms with Crippen LogP contribution >= 0.6 is 0 Å². The molecule has 0 radical (unpaired) electrons. The van der Waals surface area contributed by atoms with Crippen LogP contribution in [0.2, 0.25) is 0 Å². The van der Waals surface area contributed by atoms with E-state index in [9.17, 15) is 0 Å². The van der Waals surface area contributed by atoms with Gasteiger partial charge < -0.3 is 14.8 Å². The van der Waals surface area contributed by atoms with Crippen molar-refractivity contribution < 1.29 is 9.47 Å². The summed E-state index contributed by atoms with van der Waals surface area (Å²) in [6, 6.07) is 9.91. The maximum atomic E-state index is 5.59. The zero-order valence-electron chi connectivity index (χ0n) is 10.8. The first kappa shape index (κ1) is 14.0. The van der Waals surface area contributed by atoms with Gasteiger partial charge in [-0.3, -0.25) is 0 Å². The van der Waals surface area contributed by atoms with Crippen molar-refractivity contribution in [1.29, 1.82) is 0 Å². The number of hydrogen-bond acceptors (Lipinski definition) is 3. The molecule has 0 aliphatic heterocycles. The van der Waals surface area contributed by atoms with Gasteiger partial charge in [-0.2, -0.15) is 0 Å². The van der Waals surface area contributed by atoms with Gasteiger partial charge in [0.2, 0.25) is 0 Å². The van der Waals surface area contributed by atoms with Gasteiger partial charge in [-0.25, -0.2) is 0 Å². The zero-order valence-corrected chi connectivity index (χ0v) is 10.8. The van der Waals surface area contributed by atoms with Crippen molar-refractivity contribution in [2.45, 2.75) is 26.4 Å². The summed E-state index contributed by atoms with van der Waals surface area (Å²) in [6.45, 7) is 7.49. The molecule has 17 heavy (non-hydrogen) atoms. The minimum atomic E-state index is 0.287. The van der Waals surface area contributed by atoms with Crippen LogP contribution in [0.3, 0.4) is 0 Å². The minimum Gasteiger partial charge on any atom is -0.494 e. The molecular formula is C14H23NO2. The van der Waals surface area contributed by atoms with Gasteiger partial charge in [-0.1, -0.05) is 18.2 Å². The Morgan fingerprint density at radius 2 is 2.00 bits per heavy atom. The molecular weight excluding hydrogens is 214 g/mol. The molecule has 1 rings (SSSR count). The molecule has 1 unspecified atom stereocenters. The van der Waals surface area contributed by atoms with Gasteiger partial charge in [0.25, 0.3) is 0 Å². The largest absolute Gasteiger partial charge is 0.494 e. The molecule has 96 valence electrons. The van der Waals surface area contributed by atoms with E-state index in [0.29, 0.717) is 0 Å². The Morgan fingerprint density at radius 1 is 1.24 bits per heavy atom. The van der Waals surface area contributed by atoms with Crippen LogP contribution in [0.5, 0.6) is 5.75 Å². The van der Waals surface area contributed by atoms with Crippen LogP contribution in [0.1, 0.15) is 20.3 Å². The molecule has 0 saturated carbocycles. The second kappa shape index (κ2) is 9.02. The van der Waals surface area contributed by atoms with Crippen LogP contribution in [0, 0.1) is 0 Å². The summed E-state index contributed by atoms with van der Waals surface area (Å²) in [4.78, 5) is 0. The van der Waals surface area contributed by atoms with E-state index in [1.165, 1.54) is 0 Å². The Bertz CT molecular complexity index is 277. The second-order valence-electron chi connectivity index (χ2n) is 3.99. The van der Waals surface area contributed by atoms with Gasteiger partial charge in [0.05, 0.1) is 12.7 Å². The molecule has 1 N–H and O–H groups in total. The van der Waals surface area contributed by atoms with E-state index in [4.69, 9.17) is 9.47 Å². The highest BCUT2D eigenvalue weighted by molar-refractivity contribution is 5.20. The minimum absolute atomic E-state index is 0.287. The van der Waals surface area contributed by atoms with Crippen molar-refractivity contribution in [1.82, 2.24) is 5.32 Å². The van der Waals surface area contributed by atoms with Gasteiger partial charge in [0, 0.05) is 13.2 Å². The third kappa shape index (κ3) is 6.97. The molecule has 0 spiro atoms. The van der Waals surface area contributed by atoms with E-state index < -0.39 is 0 Å². The van der Waals surface area contributed by atoms with E-state index >= 15 is 0 Å². The molecule has 0 aromatic heterocycles. The van der Waals surface area contributed by atoms with Gasteiger partial charge >= 0.3 is 0 Å². The Morgan fingerprint density at radius 3 is 2.71 bits per heavy atom. The fourth-order valence-corrected chi connectivity index (χ4v) is 1.55. The van der Waals surface area contributed by atoms with Crippen molar-refractivity contribution in [2.75, 3.05) is 26.3 Å². The Balaban J connectivity index is 1.95. The number of para-hydroxylation sites is 1. The summed E-state index contributed by atoms with van der Waals surface area (Å²) in [5.74, 6) is 0.940. The molecule has 0 saturated heterocycles. The zero-order chi connectivity index (χ0) is 12.3. The number of hydrogen-bond donors (Lipinski definition) is 1. The molecule has 0 amide bonds. The molecule has 1 aromatic carbocycles. The van der Waals surface area contributed by atoms with E-state index in [1.807, 2.05) is 37.3 Å². The molecule has 3 heteroatoms. The Kier molecular flexibility index (Phi) is 7.43. The SMILES string of the molecule is CCOC(C)CNCCCOc1ccccc1. The average molecular weight is 237 g/mol. The van der Waals surface area contributed by atoms with E-state index in [-0.39, 0.29) is 6.10 Å². The standard InChI is InChI=1S/C14H23NO2/c1-3-16-13(2)12-15-10-7-11-17-14-8-5-4-6-9-14/h4-6,8-9,13,15H,3,7,10-12H2,1-2H3. The smallest absolute Gasteiger partial charge is 0.119 e. The first-order valence-corrected chi connectivity index (χ1v) is 6.33. The molecule has 1 atom stereocenters. The molecule has 0 bridgehead atoms. The normalized spacial score (nSPS) is 12.4. The first-order valence-electron chi connectivity index (χ1n) is 6.33. The van der Waals surface area contributed by atoms with E-state index in [0.717, 1.165) is 38.5 Å². The fraction of sp³-hybridized carbons (Fsp3) is 0.571. The third-order valence-electron chi connectivity index (χ3n) is 2.39. The predicted octanol–water partition coefficient (Wildman–Crippen LogP) is 2.47. The molecule has 3 nitrogen and oxygen atoms in total. The number of nitrogens with one attached hydrogen (secondary N) is 1. The summed E-state index contributed by atoms with van der Waals surface area (Å²) in [6.07, 6.45) is 1.29. The van der Waals surface area contributed by atoms with Crippen LogP contribution < -0.4 is 10.1 Å². The quantitative estimate of drug-likeness (QED) is 0.669. The number of benzene rings is 1. The van der Waals surface area contributed by atoms with Gasteiger partial charge in [0.1, 0.15) is 5.75 Å². The average Bonchev–Trinajstić information content (AvgIpc) is 2.35. The lowest BCUT2D eigenvalue weighted by molar-refractivity contribution is 0.0760. The summed E-state index contributed by atoms with van der Waals surface area (Å²) in [7, 11) is 0. The second-order valence-corrected chi connectivity index (χ2v) is 3.99. The van der Waals surface area contributed by atoms with Crippen molar-refractivity contribution in [3.63, 3.8) is 0 Å². The predicted molar refractivity (Wildman–Crippen MR) is 70.5 cm³/mol. The van der Waals surface area contributed by atoms with Gasteiger partial charge in [0.15, 0.2) is 0 Å². The first-order chi connectivity index (χ1) is 8.33. The summed E-state index contributed by atoms with van der Waals surface area (Å²) in [5, 5.41) is 3.35. The topological polar surface area (TPSA) is 30.5 Å². The van der Waals surface area contributed by atoms with Crippen LogP contribution in [-0.2, 0) is 4.74 Å². The lowest BCUT2D eigenvalue weighted by Gasteiger charge is -2.12. The van der Waals surface area contributed by atoms with E-state index in [1.54, 1.807) is 0 Å². The molecule has 1 aromatic rings. The Labute approximate surface area is 104 Å². The Hall–Kier alpha value is -1.06. The highest BCUT2D eigenvalue weighted by atomic mass is 16.5. The lowest BCUT2D eigenvalue weighted by atomic mass is 10.3.